The molecule has 2 aliphatic heterocycles. The minimum atomic E-state index is -0.161. The van der Waals surface area contributed by atoms with Crippen LogP contribution in [0.15, 0.2) is 53.5 Å². The first-order valence-corrected chi connectivity index (χ1v) is 10.2. The summed E-state index contributed by atoms with van der Waals surface area (Å²) in [6.45, 7) is 3.99. The molecule has 4 rings (SSSR count). The number of nitrogens with one attached hydrogen (secondary N) is 2. The summed E-state index contributed by atoms with van der Waals surface area (Å²) >= 11 is 6.18. The Kier molecular flexibility index (Phi) is 5.85. The summed E-state index contributed by atoms with van der Waals surface area (Å²) in [4.78, 5) is 7.48. The fraction of sp³-hybridized carbons (Fsp3) is 0.409. The second kappa shape index (κ2) is 8.52. The number of para-hydroxylation sites is 2. The third kappa shape index (κ3) is 3.88. The Morgan fingerprint density at radius 2 is 1.96 bits per heavy atom. The first-order valence-electron chi connectivity index (χ1n) is 9.86. The summed E-state index contributed by atoms with van der Waals surface area (Å²) in [6, 6.07) is 16.4. The number of aliphatic imine (C=N–C) groups is 1. The first kappa shape index (κ1) is 19.2. The SMILES string of the molecule is COCCN1/C(=N/Cc2cccc(Cl)c2)C2(CCNCC2)Nc2ccccc21. The number of ether oxygens (including phenoxy) is 1. The third-order valence-corrected chi connectivity index (χ3v) is 5.76. The molecule has 1 saturated heterocycles. The third-order valence-electron chi connectivity index (χ3n) is 5.53. The molecule has 0 radical (unpaired) electrons. The minimum Gasteiger partial charge on any atom is -0.383 e. The lowest BCUT2D eigenvalue weighted by atomic mass is 9.83. The van der Waals surface area contributed by atoms with Crippen molar-refractivity contribution in [1.82, 2.24) is 5.32 Å². The summed E-state index contributed by atoms with van der Waals surface area (Å²) in [7, 11) is 1.75. The van der Waals surface area contributed by atoms with E-state index < -0.39 is 0 Å². The smallest absolute Gasteiger partial charge is 0.130 e. The van der Waals surface area contributed by atoms with Gasteiger partial charge in [-0.05, 0) is 55.8 Å². The fourth-order valence-corrected chi connectivity index (χ4v) is 4.36. The first-order chi connectivity index (χ1) is 13.7. The molecule has 0 amide bonds. The summed E-state index contributed by atoms with van der Waals surface area (Å²) in [5, 5.41) is 8.07. The van der Waals surface area contributed by atoms with Gasteiger partial charge in [0.05, 0.1) is 30.1 Å². The largest absolute Gasteiger partial charge is 0.383 e. The van der Waals surface area contributed by atoms with Gasteiger partial charge in [0, 0.05) is 18.7 Å². The van der Waals surface area contributed by atoms with Gasteiger partial charge in [-0.25, -0.2) is 0 Å². The number of methoxy groups -OCH3 is 1. The average molecular weight is 399 g/mol. The molecule has 2 aromatic rings. The van der Waals surface area contributed by atoms with Crippen molar-refractivity contribution < 1.29 is 4.74 Å². The number of nitrogens with zero attached hydrogens (tertiary/aromatic N) is 2. The summed E-state index contributed by atoms with van der Waals surface area (Å²) in [5.74, 6) is 1.10. The van der Waals surface area contributed by atoms with Gasteiger partial charge >= 0.3 is 0 Å². The quantitative estimate of drug-likeness (QED) is 0.800. The maximum atomic E-state index is 6.18. The van der Waals surface area contributed by atoms with Crippen LogP contribution < -0.4 is 15.5 Å². The van der Waals surface area contributed by atoms with E-state index in [0.717, 1.165) is 54.6 Å². The van der Waals surface area contributed by atoms with Crippen LogP contribution in [0.5, 0.6) is 0 Å². The standard InChI is InChI=1S/C22H27ClN4O/c1-28-14-13-27-20-8-3-2-7-19(20)26-22(9-11-24-12-10-22)21(27)25-16-17-5-4-6-18(23)15-17/h2-8,15,24,26H,9-14,16H2,1H3/b25-21+. The molecule has 28 heavy (non-hydrogen) atoms. The maximum absolute atomic E-state index is 6.18. The zero-order valence-electron chi connectivity index (χ0n) is 16.2. The molecule has 148 valence electrons. The number of rotatable bonds is 5. The van der Waals surface area contributed by atoms with E-state index in [1.54, 1.807) is 7.11 Å². The van der Waals surface area contributed by atoms with Gasteiger partial charge in [-0.2, -0.15) is 0 Å². The fourth-order valence-electron chi connectivity index (χ4n) is 4.15. The van der Waals surface area contributed by atoms with Crippen LogP contribution in [0.2, 0.25) is 5.02 Å². The molecular formula is C22H27ClN4O. The molecule has 0 saturated carbocycles. The molecule has 0 unspecified atom stereocenters. The number of halogens is 1. The van der Waals surface area contributed by atoms with E-state index in [1.165, 1.54) is 5.69 Å². The highest BCUT2D eigenvalue weighted by Crippen LogP contribution is 2.39. The molecule has 1 spiro atoms. The van der Waals surface area contributed by atoms with E-state index >= 15 is 0 Å². The predicted octanol–water partition coefficient (Wildman–Crippen LogP) is 3.94. The van der Waals surface area contributed by atoms with Gasteiger partial charge in [-0.1, -0.05) is 35.9 Å². The maximum Gasteiger partial charge on any atom is 0.130 e. The minimum absolute atomic E-state index is 0.161. The van der Waals surface area contributed by atoms with Gasteiger partial charge in [0.25, 0.3) is 0 Å². The van der Waals surface area contributed by atoms with Crippen LogP contribution in [0.4, 0.5) is 11.4 Å². The van der Waals surface area contributed by atoms with E-state index in [0.29, 0.717) is 13.2 Å². The van der Waals surface area contributed by atoms with Gasteiger partial charge in [0.2, 0.25) is 0 Å². The zero-order valence-corrected chi connectivity index (χ0v) is 17.0. The zero-order chi connectivity index (χ0) is 19.4. The van der Waals surface area contributed by atoms with Crippen LogP contribution in [0.1, 0.15) is 18.4 Å². The Morgan fingerprint density at radius 3 is 2.75 bits per heavy atom. The van der Waals surface area contributed by atoms with Crippen molar-refractivity contribution in [1.29, 1.82) is 0 Å². The van der Waals surface area contributed by atoms with E-state index in [2.05, 4.69) is 45.9 Å². The molecule has 1 fully saturated rings. The molecule has 5 nitrogen and oxygen atoms in total. The van der Waals surface area contributed by atoms with Gasteiger partial charge < -0.3 is 20.3 Å². The highest BCUT2D eigenvalue weighted by molar-refractivity contribution is 6.30. The number of piperidine rings is 1. The van der Waals surface area contributed by atoms with Crippen molar-refractivity contribution in [3.63, 3.8) is 0 Å². The van der Waals surface area contributed by atoms with E-state index in [9.17, 15) is 0 Å². The summed E-state index contributed by atoms with van der Waals surface area (Å²) in [5.41, 5.74) is 3.29. The van der Waals surface area contributed by atoms with Crippen LogP contribution in [0.3, 0.4) is 0 Å². The number of hydrogen-bond acceptors (Lipinski definition) is 4. The molecule has 0 aromatic heterocycles. The topological polar surface area (TPSA) is 48.9 Å². The van der Waals surface area contributed by atoms with Crippen LogP contribution in [0, 0.1) is 0 Å². The van der Waals surface area contributed by atoms with Gasteiger partial charge in [-0.15, -0.1) is 0 Å². The van der Waals surface area contributed by atoms with E-state index in [4.69, 9.17) is 21.3 Å². The normalized spacial score (nSPS) is 19.5. The van der Waals surface area contributed by atoms with Crippen molar-refractivity contribution in [2.24, 2.45) is 4.99 Å². The van der Waals surface area contributed by atoms with Gasteiger partial charge in [0.1, 0.15) is 5.84 Å². The van der Waals surface area contributed by atoms with Crippen LogP contribution in [0.25, 0.3) is 0 Å². The van der Waals surface area contributed by atoms with E-state index in [1.807, 2.05) is 18.2 Å². The highest BCUT2D eigenvalue weighted by atomic mass is 35.5. The van der Waals surface area contributed by atoms with Crippen LogP contribution in [-0.2, 0) is 11.3 Å². The van der Waals surface area contributed by atoms with Crippen LogP contribution in [-0.4, -0.2) is 44.7 Å². The van der Waals surface area contributed by atoms with Gasteiger partial charge in [-0.3, -0.25) is 4.99 Å². The van der Waals surface area contributed by atoms with Crippen molar-refractivity contribution in [2.45, 2.75) is 24.9 Å². The Hall–Kier alpha value is -2.08. The van der Waals surface area contributed by atoms with Crippen LogP contribution >= 0.6 is 11.6 Å². The molecule has 2 aliphatic rings. The van der Waals surface area contributed by atoms with Crippen molar-refractivity contribution in [2.75, 3.05) is 43.6 Å². The lowest BCUT2D eigenvalue weighted by Gasteiger charge is -2.48. The number of amidine groups is 1. The number of hydrogen-bond donors (Lipinski definition) is 2. The Bertz CT molecular complexity index is 848. The highest BCUT2D eigenvalue weighted by Gasteiger charge is 2.44. The van der Waals surface area contributed by atoms with Crippen molar-refractivity contribution in [3.8, 4) is 0 Å². The monoisotopic (exact) mass is 398 g/mol. The summed E-state index contributed by atoms with van der Waals surface area (Å²) in [6.07, 6.45) is 2.00. The van der Waals surface area contributed by atoms with Crippen molar-refractivity contribution >= 4 is 28.8 Å². The number of benzene rings is 2. The van der Waals surface area contributed by atoms with Gasteiger partial charge in [0.15, 0.2) is 0 Å². The molecule has 2 aromatic carbocycles. The molecule has 2 heterocycles. The second-order valence-electron chi connectivity index (χ2n) is 7.39. The summed E-state index contributed by atoms with van der Waals surface area (Å²) < 4.78 is 5.42. The molecule has 2 N–H and O–H groups in total. The lowest BCUT2D eigenvalue weighted by molar-refractivity contribution is 0.207. The lowest BCUT2D eigenvalue weighted by Crippen LogP contribution is -2.62. The molecule has 0 aliphatic carbocycles. The molecule has 0 atom stereocenters. The Balaban J connectivity index is 1.75. The number of anilines is 2. The number of fused-ring (bicyclic) bond motifs is 1. The molecule has 6 heteroatoms. The predicted molar refractivity (Wildman–Crippen MR) is 117 cm³/mol. The second-order valence-corrected chi connectivity index (χ2v) is 7.82. The molecular weight excluding hydrogens is 372 g/mol. The Labute approximate surface area is 171 Å². The average Bonchev–Trinajstić information content (AvgIpc) is 2.71. The van der Waals surface area contributed by atoms with E-state index in [-0.39, 0.29) is 5.54 Å². The van der Waals surface area contributed by atoms with Crippen molar-refractivity contribution in [3.05, 3.63) is 59.1 Å². The Morgan fingerprint density at radius 1 is 1.14 bits per heavy atom. The molecule has 0 bridgehead atoms.